The minimum atomic E-state index is -0.502. The van der Waals surface area contributed by atoms with E-state index in [1.54, 1.807) is 18.3 Å². The molecular weight excluding hydrogens is 382 g/mol. The number of nitrogens with one attached hydrogen (secondary N) is 2. The number of aryl methyl sites for hydroxylation is 1. The van der Waals surface area contributed by atoms with Crippen LogP contribution in [0.4, 0.5) is 4.79 Å². The quantitative estimate of drug-likeness (QED) is 0.533. The number of benzene rings is 1. The van der Waals surface area contributed by atoms with Crippen molar-refractivity contribution in [2.45, 2.75) is 52.9 Å². The van der Waals surface area contributed by atoms with Crippen molar-refractivity contribution in [3.05, 3.63) is 47.5 Å². The van der Waals surface area contributed by atoms with Crippen LogP contribution in [-0.4, -0.2) is 50.9 Å². The second kappa shape index (κ2) is 10.6. The van der Waals surface area contributed by atoms with Crippen LogP contribution in [0.2, 0.25) is 0 Å². The maximum atomic E-state index is 12.1. The molecule has 0 radical (unpaired) electrons. The summed E-state index contributed by atoms with van der Waals surface area (Å²) in [5.41, 5.74) is 1.61. The maximum absolute atomic E-state index is 12.1. The van der Waals surface area contributed by atoms with E-state index >= 15 is 0 Å². The Morgan fingerprint density at radius 3 is 2.43 bits per heavy atom. The molecule has 0 spiro atoms. The van der Waals surface area contributed by atoms with Gasteiger partial charge in [-0.3, -0.25) is 0 Å². The van der Waals surface area contributed by atoms with E-state index in [4.69, 9.17) is 4.74 Å². The monoisotopic (exact) mass is 415 g/mol. The van der Waals surface area contributed by atoms with E-state index in [9.17, 15) is 4.79 Å². The van der Waals surface area contributed by atoms with Crippen molar-refractivity contribution in [1.29, 1.82) is 0 Å². The number of hydrogen-bond acceptors (Lipinski definition) is 5. The number of aliphatic imine (C=N–C) groups is 1. The van der Waals surface area contributed by atoms with E-state index in [1.807, 2.05) is 63.6 Å². The van der Waals surface area contributed by atoms with E-state index in [0.717, 1.165) is 23.5 Å². The molecule has 0 fully saturated rings. The van der Waals surface area contributed by atoms with Crippen LogP contribution < -0.4 is 10.6 Å². The second-order valence-corrected chi connectivity index (χ2v) is 8.06. The SMILES string of the molecule is CCNC(=NCc1ccc(CN(C)C(=O)OC(C)(C)C)cc1)NCc1nncn1C. The number of ether oxygens (including phenoxy) is 1. The lowest BCUT2D eigenvalue weighted by molar-refractivity contribution is 0.0285. The number of carbonyl (C=O) groups excluding carboxylic acids is 1. The zero-order valence-corrected chi connectivity index (χ0v) is 18.8. The molecule has 9 nitrogen and oxygen atoms in total. The molecule has 2 aromatic rings. The molecule has 0 aliphatic rings. The molecule has 30 heavy (non-hydrogen) atoms. The Bertz CT molecular complexity index is 838. The van der Waals surface area contributed by atoms with Crippen LogP contribution in [0, 0.1) is 0 Å². The van der Waals surface area contributed by atoms with Crippen LogP contribution in [0.1, 0.15) is 44.6 Å². The van der Waals surface area contributed by atoms with Crippen LogP contribution in [0.25, 0.3) is 0 Å². The summed E-state index contributed by atoms with van der Waals surface area (Å²) < 4.78 is 7.25. The first-order valence-corrected chi connectivity index (χ1v) is 10.0. The summed E-state index contributed by atoms with van der Waals surface area (Å²) in [5, 5.41) is 14.4. The number of guanidine groups is 1. The summed E-state index contributed by atoms with van der Waals surface area (Å²) in [7, 11) is 3.64. The van der Waals surface area contributed by atoms with Gasteiger partial charge in [-0.15, -0.1) is 10.2 Å². The average Bonchev–Trinajstić information content (AvgIpc) is 3.08. The molecule has 1 heterocycles. The smallest absolute Gasteiger partial charge is 0.410 e. The Hall–Kier alpha value is -3.10. The third kappa shape index (κ3) is 7.73. The normalized spacial score (nSPS) is 11.9. The molecule has 164 valence electrons. The number of rotatable bonds is 7. The van der Waals surface area contributed by atoms with E-state index in [0.29, 0.717) is 25.6 Å². The number of hydrogen-bond donors (Lipinski definition) is 2. The molecule has 1 amide bonds. The summed E-state index contributed by atoms with van der Waals surface area (Å²) in [6.45, 7) is 9.93. The van der Waals surface area contributed by atoms with Crippen LogP contribution in [0.5, 0.6) is 0 Å². The van der Waals surface area contributed by atoms with Gasteiger partial charge in [0.25, 0.3) is 0 Å². The molecule has 0 aliphatic carbocycles. The van der Waals surface area contributed by atoms with E-state index < -0.39 is 5.60 Å². The molecule has 0 saturated carbocycles. The average molecular weight is 416 g/mol. The van der Waals surface area contributed by atoms with Crippen LogP contribution in [0.15, 0.2) is 35.6 Å². The zero-order chi connectivity index (χ0) is 22.1. The van der Waals surface area contributed by atoms with Gasteiger partial charge in [0.15, 0.2) is 11.8 Å². The first-order chi connectivity index (χ1) is 14.2. The summed E-state index contributed by atoms with van der Waals surface area (Å²) in [6.07, 6.45) is 1.34. The van der Waals surface area contributed by atoms with Gasteiger partial charge in [-0.05, 0) is 38.8 Å². The Balaban J connectivity index is 1.91. The lowest BCUT2D eigenvalue weighted by atomic mass is 10.1. The fraction of sp³-hybridized carbons (Fsp3) is 0.524. The van der Waals surface area contributed by atoms with Crippen LogP contribution >= 0.6 is 0 Å². The van der Waals surface area contributed by atoms with E-state index in [-0.39, 0.29) is 6.09 Å². The van der Waals surface area contributed by atoms with Crippen molar-refractivity contribution in [2.24, 2.45) is 12.0 Å². The standard InChI is InChI=1S/C21H33N7O2/c1-7-22-19(24-13-18-26-25-15-28(18)6)23-12-16-8-10-17(11-9-16)14-27(5)20(29)30-21(2,3)4/h8-11,15H,7,12-14H2,1-6H3,(H2,22,23,24). The van der Waals surface area contributed by atoms with Crippen molar-refractivity contribution in [2.75, 3.05) is 13.6 Å². The second-order valence-electron chi connectivity index (χ2n) is 8.06. The van der Waals surface area contributed by atoms with Crippen molar-refractivity contribution in [3.8, 4) is 0 Å². The highest BCUT2D eigenvalue weighted by atomic mass is 16.6. The lowest BCUT2D eigenvalue weighted by Gasteiger charge is -2.24. The number of amides is 1. The molecular formula is C21H33N7O2. The molecule has 2 N–H and O–H groups in total. The topological polar surface area (TPSA) is 96.7 Å². The molecule has 0 unspecified atom stereocenters. The fourth-order valence-corrected chi connectivity index (χ4v) is 2.57. The van der Waals surface area contributed by atoms with Gasteiger partial charge in [-0.25, -0.2) is 9.79 Å². The molecule has 9 heteroatoms. The minimum absolute atomic E-state index is 0.333. The van der Waals surface area contributed by atoms with Gasteiger partial charge in [0.1, 0.15) is 11.9 Å². The van der Waals surface area contributed by atoms with Crippen molar-refractivity contribution >= 4 is 12.1 Å². The number of carbonyl (C=O) groups is 1. The fourth-order valence-electron chi connectivity index (χ4n) is 2.57. The predicted octanol–water partition coefficient (Wildman–Crippen LogP) is 2.44. The number of aromatic nitrogens is 3. The largest absolute Gasteiger partial charge is 0.444 e. The summed E-state index contributed by atoms with van der Waals surface area (Å²) in [5.74, 6) is 1.55. The van der Waals surface area contributed by atoms with Gasteiger partial charge in [0, 0.05) is 27.2 Å². The maximum Gasteiger partial charge on any atom is 0.410 e. The van der Waals surface area contributed by atoms with Gasteiger partial charge in [0.2, 0.25) is 0 Å². The minimum Gasteiger partial charge on any atom is -0.444 e. The molecule has 0 saturated heterocycles. The Morgan fingerprint density at radius 1 is 1.20 bits per heavy atom. The molecule has 2 rings (SSSR count). The molecule has 1 aromatic carbocycles. The summed E-state index contributed by atoms with van der Waals surface area (Å²) in [6, 6.07) is 8.05. The van der Waals surface area contributed by atoms with E-state index in [1.165, 1.54) is 0 Å². The van der Waals surface area contributed by atoms with Gasteiger partial charge in [-0.1, -0.05) is 24.3 Å². The Labute approximate surface area is 178 Å². The highest BCUT2D eigenvalue weighted by molar-refractivity contribution is 5.79. The Morgan fingerprint density at radius 2 is 1.87 bits per heavy atom. The summed E-state index contributed by atoms with van der Waals surface area (Å²) in [4.78, 5) is 18.3. The van der Waals surface area contributed by atoms with Crippen LogP contribution in [-0.2, 0) is 31.4 Å². The van der Waals surface area contributed by atoms with Crippen molar-refractivity contribution in [3.63, 3.8) is 0 Å². The predicted molar refractivity (Wildman–Crippen MR) is 117 cm³/mol. The highest BCUT2D eigenvalue weighted by Gasteiger charge is 2.19. The van der Waals surface area contributed by atoms with Crippen LogP contribution in [0.3, 0.4) is 0 Å². The number of nitrogens with zero attached hydrogens (tertiary/aromatic N) is 5. The zero-order valence-electron chi connectivity index (χ0n) is 18.8. The lowest BCUT2D eigenvalue weighted by Crippen LogP contribution is -2.37. The first kappa shape index (κ1) is 23.2. The molecule has 0 atom stereocenters. The van der Waals surface area contributed by atoms with Gasteiger partial charge in [0.05, 0.1) is 13.1 Å². The molecule has 1 aromatic heterocycles. The van der Waals surface area contributed by atoms with Gasteiger partial charge < -0.3 is 24.8 Å². The molecule has 0 aliphatic heterocycles. The van der Waals surface area contributed by atoms with Gasteiger partial charge >= 0.3 is 6.09 Å². The Kier molecular flexibility index (Phi) is 8.20. The van der Waals surface area contributed by atoms with E-state index in [2.05, 4.69) is 25.8 Å². The molecule has 0 bridgehead atoms. The third-order valence-electron chi connectivity index (χ3n) is 4.13. The first-order valence-electron chi connectivity index (χ1n) is 10.0. The third-order valence-corrected chi connectivity index (χ3v) is 4.13. The van der Waals surface area contributed by atoms with Gasteiger partial charge in [-0.2, -0.15) is 0 Å². The highest BCUT2D eigenvalue weighted by Crippen LogP contribution is 2.12. The summed E-state index contributed by atoms with van der Waals surface area (Å²) >= 11 is 0. The van der Waals surface area contributed by atoms with Crippen molar-refractivity contribution < 1.29 is 9.53 Å². The van der Waals surface area contributed by atoms with Crippen molar-refractivity contribution in [1.82, 2.24) is 30.3 Å².